The lowest BCUT2D eigenvalue weighted by Gasteiger charge is -2.12. The minimum absolute atomic E-state index is 0.0684. The fraction of sp³-hybridized carbons (Fsp3) is 0.148. The van der Waals surface area contributed by atoms with Crippen LogP contribution in [0.4, 0.5) is 9.18 Å². The topological polar surface area (TPSA) is 82.1 Å². The van der Waals surface area contributed by atoms with Crippen LogP contribution in [0.5, 0.6) is 11.5 Å². The Balaban J connectivity index is 1.44. The van der Waals surface area contributed by atoms with Crippen molar-refractivity contribution in [2.45, 2.75) is 13.2 Å². The van der Waals surface area contributed by atoms with E-state index in [9.17, 15) is 18.8 Å². The average Bonchev–Trinajstić information content (AvgIpc) is 3.16. The summed E-state index contributed by atoms with van der Waals surface area (Å²) in [5.74, 6) is -0.251. The highest BCUT2D eigenvalue weighted by atomic mass is 32.2. The molecule has 7 nitrogen and oxygen atoms in total. The summed E-state index contributed by atoms with van der Waals surface area (Å²) in [5.41, 5.74) is 2.62. The second-order valence-electron chi connectivity index (χ2n) is 7.78. The Morgan fingerprint density at radius 1 is 0.944 bits per heavy atom. The number of esters is 1. The van der Waals surface area contributed by atoms with E-state index in [-0.39, 0.29) is 29.1 Å². The van der Waals surface area contributed by atoms with Crippen LogP contribution in [-0.4, -0.2) is 36.2 Å². The van der Waals surface area contributed by atoms with E-state index in [1.165, 1.54) is 26.4 Å². The molecule has 1 aliphatic heterocycles. The molecule has 1 saturated heterocycles. The zero-order valence-corrected chi connectivity index (χ0v) is 20.3. The first-order chi connectivity index (χ1) is 17.4. The molecule has 0 radical (unpaired) electrons. The molecule has 3 aromatic carbocycles. The first-order valence-corrected chi connectivity index (χ1v) is 11.7. The minimum Gasteiger partial charge on any atom is -0.493 e. The number of hydrogen-bond donors (Lipinski definition) is 0. The Kier molecular flexibility index (Phi) is 7.70. The van der Waals surface area contributed by atoms with Crippen LogP contribution in [0.1, 0.15) is 27.0 Å². The van der Waals surface area contributed by atoms with Crippen LogP contribution in [0, 0.1) is 5.82 Å². The van der Waals surface area contributed by atoms with E-state index < -0.39 is 11.9 Å². The third-order valence-corrected chi connectivity index (χ3v) is 6.29. The molecule has 1 fully saturated rings. The number of benzene rings is 3. The molecule has 0 aromatic heterocycles. The normalized spacial score (nSPS) is 14.3. The Bertz CT molecular complexity index is 1320. The monoisotopic (exact) mass is 507 g/mol. The lowest BCUT2D eigenvalue weighted by atomic mass is 10.1. The van der Waals surface area contributed by atoms with Crippen molar-refractivity contribution in [3.8, 4) is 11.5 Å². The van der Waals surface area contributed by atoms with E-state index in [2.05, 4.69) is 0 Å². The maximum absolute atomic E-state index is 13.1. The fourth-order valence-corrected chi connectivity index (χ4v) is 4.31. The van der Waals surface area contributed by atoms with Gasteiger partial charge in [0.05, 0.1) is 31.2 Å². The van der Waals surface area contributed by atoms with Crippen LogP contribution in [0.3, 0.4) is 0 Å². The summed E-state index contributed by atoms with van der Waals surface area (Å²) < 4.78 is 29.2. The quantitative estimate of drug-likeness (QED) is 0.297. The van der Waals surface area contributed by atoms with E-state index in [4.69, 9.17) is 14.2 Å². The standard InChI is InChI=1S/C27H22FNO6S/c1-33-23-13-19(7-12-22(23)35-16-18-3-8-20(9-4-18)26(31)34-2)14-24-25(30)29(27(32)36-24)15-17-5-10-21(28)11-6-17/h3-14H,15-16H2,1-2H3/b24-14-. The highest BCUT2D eigenvalue weighted by molar-refractivity contribution is 8.18. The van der Waals surface area contributed by atoms with Crippen LogP contribution in [-0.2, 0) is 22.7 Å². The number of thioether (sulfide) groups is 1. The smallest absolute Gasteiger partial charge is 0.337 e. The van der Waals surface area contributed by atoms with Gasteiger partial charge in [0, 0.05) is 0 Å². The average molecular weight is 508 g/mol. The van der Waals surface area contributed by atoms with Gasteiger partial charge in [-0.3, -0.25) is 14.5 Å². The van der Waals surface area contributed by atoms with Crippen molar-refractivity contribution in [1.29, 1.82) is 0 Å². The number of nitrogens with zero attached hydrogens (tertiary/aromatic N) is 1. The second-order valence-corrected chi connectivity index (χ2v) is 8.77. The van der Waals surface area contributed by atoms with Gasteiger partial charge in [-0.2, -0.15) is 0 Å². The first kappa shape index (κ1) is 25.0. The van der Waals surface area contributed by atoms with Gasteiger partial charge in [-0.25, -0.2) is 9.18 Å². The molecule has 0 atom stereocenters. The zero-order valence-electron chi connectivity index (χ0n) is 19.5. The van der Waals surface area contributed by atoms with Crippen molar-refractivity contribution >= 4 is 35.0 Å². The van der Waals surface area contributed by atoms with Gasteiger partial charge in [0.15, 0.2) is 11.5 Å². The largest absolute Gasteiger partial charge is 0.493 e. The van der Waals surface area contributed by atoms with Gasteiger partial charge < -0.3 is 14.2 Å². The molecule has 1 aliphatic rings. The molecule has 36 heavy (non-hydrogen) atoms. The second kappa shape index (κ2) is 11.1. The number of hydrogen-bond acceptors (Lipinski definition) is 7. The Morgan fingerprint density at radius 2 is 1.64 bits per heavy atom. The molecule has 0 bridgehead atoms. The van der Waals surface area contributed by atoms with Gasteiger partial charge in [-0.05, 0) is 70.9 Å². The predicted octanol–water partition coefficient (Wildman–Crippen LogP) is 5.44. The van der Waals surface area contributed by atoms with Crippen molar-refractivity contribution in [2.75, 3.05) is 14.2 Å². The molecule has 184 valence electrons. The first-order valence-electron chi connectivity index (χ1n) is 10.9. The third kappa shape index (κ3) is 5.75. The Morgan fingerprint density at radius 3 is 2.31 bits per heavy atom. The van der Waals surface area contributed by atoms with E-state index >= 15 is 0 Å². The third-order valence-electron chi connectivity index (χ3n) is 5.38. The number of carbonyl (C=O) groups excluding carboxylic acids is 3. The van der Waals surface area contributed by atoms with Gasteiger partial charge >= 0.3 is 5.97 Å². The van der Waals surface area contributed by atoms with E-state index in [1.807, 2.05) is 0 Å². The van der Waals surface area contributed by atoms with Gasteiger partial charge in [0.2, 0.25) is 0 Å². The van der Waals surface area contributed by atoms with Crippen LogP contribution in [0.2, 0.25) is 0 Å². The van der Waals surface area contributed by atoms with Crippen LogP contribution >= 0.6 is 11.8 Å². The maximum atomic E-state index is 13.1. The van der Waals surface area contributed by atoms with Gasteiger partial charge in [-0.15, -0.1) is 0 Å². The molecule has 0 unspecified atom stereocenters. The lowest BCUT2D eigenvalue weighted by Crippen LogP contribution is -2.27. The predicted molar refractivity (Wildman–Crippen MR) is 133 cm³/mol. The molecule has 0 aliphatic carbocycles. The molecule has 0 N–H and O–H groups in total. The molecule has 4 rings (SSSR count). The van der Waals surface area contributed by atoms with E-state index in [1.54, 1.807) is 60.7 Å². The summed E-state index contributed by atoms with van der Waals surface area (Å²) in [7, 11) is 2.84. The van der Waals surface area contributed by atoms with Gasteiger partial charge in [0.25, 0.3) is 11.1 Å². The number of imide groups is 1. The highest BCUT2D eigenvalue weighted by Crippen LogP contribution is 2.35. The molecule has 1 heterocycles. The van der Waals surface area contributed by atoms with Gasteiger partial charge in [0.1, 0.15) is 12.4 Å². The van der Waals surface area contributed by atoms with Crippen molar-refractivity contribution < 1.29 is 33.0 Å². The summed E-state index contributed by atoms with van der Waals surface area (Å²) in [6, 6.07) is 17.7. The SMILES string of the molecule is COC(=O)c1ccc(COc2ccc(/C=C3\SC(=O)N(Cc4ccc(F)cc4)C3=O)cc2OC)cc1. The summed E-state index contributed by atoms with van der Waals surface area (Å²) in [5, 5.41) is -0.388. The van der Waals surface area contributed by atoms with Crippen molar-refractivity contribution in [3.63, 3.8) is 0 Å². The molecular weight excluding hydrogens is 485 g/mol. The number of ether oxygens (including phenoxy) is 3. The maximum Gasteiger partial charge on any atom is 0.337 e. The molecule has 0 spiro atoms. The van der Waals surface area contributed by atoms with Crippen molar-refractivity contribution in [2.24, 2.45) is 0 Å². The van der Waals surface area contributed by atoms with Gasteiger partial charge in [-0.1, -0.05) is 30.3 Å². The summed E-state index contributed by atoms with van der Waals surface area (Å²) in [6.07, 6.45) is 1.62. The molecule has 9 heteroatoms. The molecule has 0 saturated carbocycles. The number of amides is 2. The van der Waals surface area contributed by atoms with Crippen molar-refractivity contribution in [1.82, 2.24) is 4.90 Å². The number of carbonyl (C=O) groups is 3. The zero-order chi connectivity index (χ0) is 25.7. The van der Waals surface area contributed by atoms with Crippen LogP contribution in [0.15, 0.2) is 71.6 Å². The molecular formula is C27H22FNO6S. The van der Waals surface area contributed by atoms with E-state index in [0.717, 1.165) is 22.2 Å². The van der Waals surface area contributed by atoms with E-state index in [0.29, 0.717) is 28.2 Å². The Labute approximate surface area is 211 Å². The molecule has 2 amide bonds. The molecule has 3 aromatic rings. The summed E-state index contributed by atoms with van der Waals surface area (Å²) >= 11 is 0.848. The summed E-state index contributed by atoms with van der Waals surface area (Å²) in [4.78, 5) is 38.2. The fourth-order valence-electron chi connectivity index (χ4n) is 3.47. The number of halogens is 1. The Hall–Kier alpha value is -4.11. The number of methoxy groups -OCH3 is 2. The summed E-state index contributed by atoms with van der Waals surface area (Å²) in [6.45, 7) is 0.318. The minimum atomic E-state index is -0.413. The van der Waals surface area contributed by atoms with Crippen LogP contribution in [0.25, 0.3) is 6.08 Å². The van der Waals surface area contributed by atoms with Crippen molar-refractivity contribution in [3.05, 3.63) is 99.7 Å². The lowest BCUT2D eigenvalue weighted by molar-refractivity contribution is -0.123. The highest BCUT2D eigenvalue weighted by Gasteiger charge is 2.35. The number of rotatable bonds is 8. The van der Waals surface area contributed by atoms with Crippen LogP contribution < -0.4 is 9.47 Å².